The lowest BCUT2D eigenvalue weighted by Gasteiger charge is -2.29. The molecule has 2 saturated heterocycles. The van der Waals surface area contributed by atoms with Crippen molar-refractivity contribution in [2.24, 2.45) is 0 Å². The van der Waals surface area contributed by atoms with E-state index < -0.39 is 25.9 Å². The first kappa shape index (κ1) is 18.9. The molecule has 6 nitrogen and oxygen atoms in total. The first-order valence-corrected chi connectivity index (χ1v) is 12.4. The molecular weight excluding hydrogens is 386 g/mol. The van der Waals surface area contributed by atoms with Crippen LogP contribution in [0, 0.1) is 0 Å². The predicted molar refractivity (Wildman–Crippen MR) is 104 cm³/mol. The van der Waals surface area contributed by atoms with Crippen molar-refractivity contribution in [2.75, 3.05) is 24.7 Å². The Kier molecular flexibility index (Phi) is 5.00. The van der Waals surface area contributed by atoms with Crippen LogP contribution in [0.3, 0.4) is 0 Å². The third kappa shape index (κ3) is 3.89. The average molecular weight is 410 g/mol. The highest BCUT2D eigenvalue weighted by atomic mass is 32.2. The Morgan fingerprint density at radius 3 is 2.52 bits per heavy atom. The maximum absolute atomic E-state index is 13.4. The number of nitrogens with zero attached hydrogens (tertiary/aromatic N) is 1. The second-order valence-electron chi connectivity index (χ2n) is 7.28. The Balaban J connectivity index is 1.71. The zero-order valence-corrected chi connectivity index (χ0v) is 16.6. The molecule has 4 rings (SSSR count). The minimum atomic E-state index is -3.82. The van der Waals surface area contributed by atoms with Crippen LogP contribution in [0.1, 0.15) is 19.3 Å². The summed E-state index contributed by atoms with van der Waals surface area (Å²) in [6.45, 7) is 0.826. The molecule has 0 bridgehead atoms. The molecule has 2 aromatic carbocycles. The normalized spacial score (nSPS) is 25.4. The second kappa shape index (κ2) is 7.16. The fraction of sp³-hybridized carbons (Fsp3) is 0.474. The fourth-order valence-electron chi connectivity index (χ4n) is 3.90. The van der Waals surface area contributed by atoms with Gasteiger partial charge in [0.2, 0.25) is 10.0 Å². The minimum absolute atomic E-state index is 0.0347. The van der Waals surface area contributed by atoms with Gasteiger partial charge in [-0.25, -0.2) is 16.8 Å². The first-order valence-electron chi connectivity index (χ1n) is 9.18. The molecule has 2 aliphatic rings. The van der Waals surface area contributed by atoms with E-state index in [1.54, 1.807) is 18.2 Å². The topological polar surface area (TPSA) is 80.8 Å². The highest BCUT2D eigenvalue weighted by Gasteiger charge is 2.40. The van der Waals surface area contributed by atoms with E-state index in [2.05, 4.69) is 0 Å². The summed E-state index contributed by atoms with van der Waals surface area (Å²) in [4.78, 5) is 0.198. The molecule has 27 heavy (non-hydrogen) atoms. The molecule has 2 heterocycles. The van der Waals surface area contributed by atoms with Gasteiger partial charge in [-0.15, -0.1) is 0 Å². The van der Waals surface area contributed by atoms with Crippen LogP contribution < -0.4 is 0 Å². The van der Waals surface area contributed by atoms with Gasteiger partial charge in [0.05, 0.1) is 22.5 Å². The maximum atomic E-state index is 13.4. The standard InChI is InChI=1S/C19H23NO5S2/c21-26(22)11-9-17(14-26)20(13-18-6-3-10-25-18)27(23,24)19-8-7-15-4-1-2-5-16(15)12-19/h1-2,4-5,7-8,12,17-18H,3,6,9-11,13-14H2/t17-,18+/m0/s1. The van der Waals surface area contributed by atoms with Crippen molar-refractivity contribution in [1.82, 2.24) is 4.31 Å². The first-order chi connectivity index (χ1) is 12.9. The van der Waals surface area contributed by atoms with Crippen LogP contribution >= 0.6 is 0 Å². The van der Waals surface area contributed by atoms with E-state index in [9.17, 15) is 16.8 Å². The number of ether oxygens (including phenoxy) is 1. The quantitative estimate of drug-likeness (QED) is 0.756. The molecule has 0 saturated carbocycles. The molecule has 0 aliphatic carbocycles. The van der Waals surface area contributed by atoms with Crippen LogP contribution in [-0.2, 0) is 24.6 Å². The molecule has 2 atom stereocenters. The van der Waals surface area contributed by atoms with Gasteiger partial charge in [-0.3, -0.25) is 0 Å². The smallest absolute Gasteiger partial charge is 0.243 e. The number of fused-ring (bicyclic) bond motifs is 1. The van der Waals surface area contributed by atoms with Gasteiger partial charge in [0.1, 0.15) is 0 Å². The molecule has 0 amide bonds. The van der Waals surface area contributed by atoms with Gasteiger partial charge in [0.15, 0.2) is 9.84 Å². The zero-order valence-electron chi connectivity index (χ0n) is 15.0. The number of sulfonamides is 1. The monoisotopic (exact) mass is 409 g/mol. The number of rotatable bonds is 5. The number of hydrogen-bond acceptors (Lipinski definition) is 5. The summed E-state index contributed by atoms with van der Waals surface area (Å²) in [6.07, 6.45) is 1.85. The van der Waals surface area contributed by atoms with E-state index in [1.165, 1.54) is 4.31 Å². The Bertz CT molecular complexity index is 1040. The van der Waals surface area contributed by atoms with E-state index in [0.29, 0.717) is 13.0 Å². The van der Waals surface area contributed by atoms with Crippen LogP contribution in [0.25, 0.3) is 10.8 Å². The van der Waals surface area contributed by atoms with Gasteiger partial charge < -0.3 is 4.74 Å². The lowest BCUT2D eigenvalue weighted by Crippen LogP contribution is -2.45. The van der Waals surface area contributed by atoms with Gasteiger partial charge in [0, 0.05) is 19.2 Å². The number of sulfone groups is 1. The van der Waals surface area contributed by atoms with Crippen molar-refractivity contribution in [3.8, 4) is 0 Å². The average Bonchev–Trinajstić information content (AvgIpc) is 3.28. The third-order valence-electron chi connectivity index (χ3n) is 5.35. The van der Waals surface area contributed by atoms with Crippen molar-refractivity contribution in [3.05, 3.63) is 42.5 Å². The molecule has 2 aliphatic heterocycles. The molecule has 0 spiro atoms. The summed E-state index contributed by atoms with van der Waals surface area (Å²) < 4.78 is 57.8. The zero-order chi connectivity index (χ0) is 19.1. The van der Waals surface area contributed by atoms with Crippen LogP contribution in [0.5, 0.6) is 0 Å². The Morgan fingerprint density at radius 1 is 1.07 bits per heavy atom. The van der Waals surface area contributed by atoms with Crippen molar-refractivity contribution >= 4 is 30.6 Å². The predicted octanol–water partition coefficient (Wildman–Crippen LogP) is 2.20. The Hall–Kier alpha value is -1.48. The number of hydrogen-bond donors (Lipinski definition) is 0. The lowest BCUT2D eigenvalue weighted by atomic mass is 10.1. The molecule has 2 fully saturated rings. The molecular formula is C19H23NO5S2. The van der Waals surface area contributed by atoms with Crippen LogP contribution in [-0.4, -0.2) is 57.9 Å². The van der Waals surface area contributed by atoms with Crippen molar-refractivity contribution in [3.63, 3.8) is 0 Å². The molecule has 8 heteroatoms. The molecule has 0 aromatic heterocycles. The molecule has 146 valence electrons. The van der Waals surface area contributed by atoms with Crippen molar-refractivity contribution in [2.45, 2.75) is 36.3 Å². The van der Waals surface area contributed by atoms with Gasteiger partial charge in [-0.05, 0) is 42.2 Å². The van der Waals surface area contributed by atoms with Crippen LogP contribution in [0.4, 0.5) is 0 Å². The van der Waals surface area contributed by atoms with Crippen molar-refractivity contribution in [1.29, 1.82) is 0 Å². The number of benzene rings is 2. The fourth-order valence-corrected chi connectivity index (χ4v) is 7.44. The largest absolute Gasteiger partial charge is 0.377 e. The van der Waals surface area contributed by atoms with Gasteiger partial charge in [0.25, 0.3) is 0 Å². The van der Waals surface area contributed by atoms with Gasteiger partial charge >= 0.3 is 0 Å². The minimum Gasteiger partial charge on any atom is -0.377 e. The van der Waals surface area contributed by atoms with Gasteiger partial charge in [-0.2, -0.15) is 4.31 Å². The molecule has 0 unspecified atom stereocenters. The Morgan fingerprint density at radius 2 is 1.85 bits per heavy atom. The highest BCUT2D eigenvalue weighted by molar-refractivity contribution is 7.92. The third-order valence-corrected chi connectivity index (χ3v) is 9.02. The molecule has 0 N–H and O–H groups in total. The SMILES string of the molecule is O=S1(=O)CC[C@H](N(C[C@H]2CCCO2)S(=O)(=O)c2ccc3ccccc3c2)C1. The Labute approximate surface area is 160 Å². The second-order valence-corrected chi connectivity index (χ2v) is 11.4. The highest BCUT2D eigenvalue weighted by Crippen LogP contribution is 2.29. The van der Waals surface area contributed by atoms with Crippen molar-refractivity contribution < 1.29 is 21.6 Å². The van der Waals surface area contributed by atoms with Crippen LogP contribution in [0.15, 0.2) is 47.4 Å². The summed E-state index contributed by atoms with van der Waals surface area (Å²) in [5.74, 6) is -0.0839. The maximum Gasteiger partial charge on any atom is 0.243 e. The summed E-state index contributed by atoms with van der Waals surface area (Å²) in [6, 6.07) is 12.1. The van der Waals surface area contributed by atoms with E-state index >= 15 is 0 Å². The molecule has 0 radical (unpaired) electrons. The summed E-state index contributed by atoms with van der Waals surface area (Å²) in [5, 5.41) is 1.81. The lowest BCUT2D eigenvalue weighted by molar-refractivity contribution is 0.0877. The van der Waals surface area contributed by atoms with E-state index in [1.807, 2.05) is 24.3 Å². The molecule has 2 aromatic rings. The van der Waals surface area contributed by atoms with E-state index in [4.69, 9.17) is 4.74 Å². The summed E-state index contributed by atoms with van der Waals surface area (Å²) in [7, 11) is -7.02. The van der Waals surface area contributed by atoms with Crippen LogP contribution in [0.2, 0.25) is 0 Å². The summed E-state index contributed by atoms with van der Waals surface area (Å²) in [5.41, 5.74) is 0. The summed E-state index contributed by atoms with van der Waals surface area (Å²) >= 11 is 0. The van der Waals surface area contributed by atoms with E-state index in [0.717, 1.165) is 23.6 Å². The van der Waals surface area contributed by atoms with Gasteiger partial charge in [-0.1, -0.05) is 30.3 Å². The van der Waals surface area contributed by atoms with E-state index in [-0.39, 0.29) is 29.0 Å².